The van der Waals surface area contributed by atoms with E-state index in [1.54, 1.807) is 16.2 Å². The van der Waals surface area contributed by atoms with Crippen LogP contribution in [0.4, 0.5) is 4.79 Å². The zero-order valence-electron chi connectivity index (χ0n) is 16.8. The predicted molar refractivity (Wildman–Crippen MR) is 107 cm³/mol. The summed E-state index contributed by atoms with van der Waals surface area (Å²) in [5, 5.41) is 5.01. The molecular weight excluding hydrogens is 378 g/mol. The monoisotopic (exact) mass is 405 g/mol. The first-order chi connectivity index (χ1) is 13.2. The molecule has 1 N–H and O–H groups in total. The third kappa shape index (κ3) is 5.34. The number of aromatic nitrogens is 1. The van der Waals surface area contributed by atoms with Crippen LogP contribution in [0.3, 0.4) is 0 Å². The summed E-state index contributed by atoms with van der Waals surface area (Å²) in [4.78, 5) is 31.7. The van der Waals surface area contributed by atoms with E-state index >= 15 is 0 Å². The molecule has 28 heavy (non-hydrogen) atoms. The minimum absolute atomic E-state index is 0.0511. The minimum Gasteiger partial charge on any atom is -0.444 e. The number of oxazole rings is 1. The van der Waals surface area contributed by atoms with Crippen molar-refractivity contribution in [1.82, 2.24) is 15.2 Å². The van der Waals surface area contributed by atoms with Crippen LogP contribution in [-0.2, 0) is 16.0 Å². The molecule has 2 aromatic heterocycles. The highest BCUT2D eigenvalue weighted by Gasteiger charge is 2.27. The molecule has 0 saturated carbocycles. The highest BCUT2D eigenvalue weighted by atomic mass is 32.1. The number of nitrogens with one attached hydrogen (secondary N) is 1. The Morgan fingerprint density at radius 3 is 2.68 bits per heavy atom. The van der Waals surface area contributed by atoms with Crippen LogP contribution in [0.15, 0.2) is 21.9 Å². The number of ether oxygens (including phenoxy) is 1. The number of likely N-dealkylation sites (tertiary alicyclic amines) is 1. The van der Waals surface area contributed by atoms with Crippen LogP contribution in [0.25, 0.3) is 10.8 Å². The Kier molecular flexibility index (Phi) is 6.07. The van der Waals surface area contributed by atoms with Gasteiger partial charge in [-0.1, -0.05) is 6.07 Å². The first-order valence-corrected chi connectivity index (χ1v) is 10.4. The fourth-order valence-electron chi connectivity index (χ4n) is 3.06. The molecule has 2 aromatic rings. The number of thiophene rings is 1. The number of aryl methyl sites for hydroxylation is 1. The highest BCUT2D eigenvalue weighted by Crippen LogP contribution is 2.26. The Balaban J connectivity index is 1.48. The lowest BCUT2D eigenvalue weighted by atomic mass is 10.0. The van der Waals surface area contributed by atoms with Gasteiger partial charge in [-0.05, 0) is 52.0 Å². The maximum atomic E-state index is 12.4. The molecule has 1 aliphatic rings. The van der Waals surface area contributed by atoms with Gasteiger partial charge in [0.2, 0.25) is 11.8 Å². The van der Waals surface area contributed by atoms with Gasteiger partial charge in [0.25, 0.3) is 0 Å². The van der Waals surface area contributed by atoms with E-state index in [1.807, 2.05) is 45.2 Å². The van der Waals surface area contributed by atoms with Gasteiger partial charge in [-0.3, -0.25) is 4.79 Å². The third-order valence-corrected chi connectivity index (χ3v) is 5.32. The molecule has 8 heteroatoms. The Hall–Kier alpha value is -2.35. The van der Waals surface area contributed by atoms with E-state index in [2.05, 4.69) is 10.3 Å². The lowest BCUT2D eigenvalue weighted by Gasteiger charge is -2.33. The van der Waals surface area contributed by atoms with Crippen molar-refractivity contribution in [2.75, 3.05) is 13.1 Å². The topological polar surface area (TPSA) is 84.7 Å². The Morgan fingerprint density at radius 1 is 1.36 bits per heavy atom. The van der Waals surface area contributed by atoms with E-state index < -0.39 is 5.60 Å². The standard InChI is InChI=1S/C20H27N3O4S/c1-13-15(22-18(26-13)16-6-5-11-28-16)12-17(24)21-14-7-9-23(10-8-14)19(25)27-20(2,3)4/h5-6,11,14H,7-10,12H2,1-4H3,(H,21,24). The molecule has 1 aliphatic heterocycles. The maximum absolute atomic E-state index is 12.4. The van der Waals surface area contributed by atoms with Crippen molar-refractivity contribution in [1.29, 1.82) is 0 Å². The van der Waals surface area contributed by atoms with Gasteiger partial charge in [-0.2, -0.15) is 0 Å². The Labute approximate surface area is 169 Å². The molecule has 3 heterocycles. The van der Waals surface area contributed by atoms with Crippen molar-refractivity contribution < 1.29 is 18.7 Å². The van der Waals surface area contributed by atoms with Gasteiger partial charge in [0, 0.05) is 19.1 Å². The zero-order valence-corrected chi connectivity index (χ0v) is 17.6. The summed E-state index contributed by atoms with van der Waals surface area (Å²) in [6, 6.07) is 3.93. The summed E-state index contributed by atoms with van der Waals surface area (Å²) in [6.07, 6.45) is 1.32. The molecule has 0 aromatic carbocycles. The van der Waals surface area contributed by atoms with Crippen molar-refractivity contribution in [2.45, 2.75) is 58.6 Å². The summed E-state index contributed by atoms with van der Waals surface area (Å²) in [5.41, 5.74) is 0.159. The zero-order chi connectivity index (χ0) is 20.3. The molecule has 0 radical (unpaired) electrons. The number of amides is 2. The fourth-order valence-corrected chi connectivity index (χ4v) is 3.71. The summed E-state index contributed by atoms with van der Waals surface area (Å²) in [7, 11) is 0. The largest absolute Gasteiger partial charge is 0.444 e. The van der Waals surface area contributed by atoms with Crippen LogP contribution < -0.4 is 5.32 Å². The Bertz CT molecular complexity index is 815. The van der Waals surface area contributed by atoms with E-state index in [-0.39, 0.29) is 24.5 Å². The van der Waals surface area contributed by atoms with E-state index in [1.165, 1.54) is 0 Å². The number of carbonyl (C=O) groups excluding carboxylic acids is 2. The van der Waals surface area contributed by atoms with Gasteiger partial charge in [0.1, 0.15) is 11.4 Å². The number of hydrogen-bond donors (Lipinski definition) is 1. The SMILES string of the molecule is Cc1oc(-c2cccs2)nc1CC(=O)NC1CCN(C(=O)OC(C)(C)C)CC1. The molecule has 7 nitrogen and oxygen atoms in total. The molecule has 0 aliphatic carbocycles. The number of carbonyl (C=O) groups is 2. The molecule has 1 saturated heterocycles. The van der Waals surface area contributed by atoms with Crippen LogP contribution in [0.2, 0.25) is 0 Å². The molecule has 3 rings (SSSR count). The van der Waals surface area contributed by atoms with Gasteiger partial charge < -0.3 is 19.4 Å². The summed E-state index contributed by atoms with van der Waals surface area (Å²) in [5.74, 6) is 1.14. The average Bonchev–Trinajstić information content (AvgIpc) is 3.24. The molecular formula is C20H27N3O4S. The predicted octanol–water partition coefficient (Wildman–Crippen LogP) is 3.77. The summed E-state index contributed by atoms with van der Waals surface area (Å²) >= 11 is 1.55. The van der Waals surface area contributed by atoms with Crippen LogP contribution in [-0.4, -0.2) is 46.6 Å². The summed E-state index contributed by atoms with van der Waals surface area (Å²) < 4.78 is 11.1. The molecule has 152 valence electrons. The molecule has 0 spiro atoms. The number of hydrogen-bond acceptors (Lipinski definition) is 6. The van der Waals surface area contributed by atoms with Crippen molar-refractivity contribution in [3.05, 3.63) is 29.0 Å². The van der Waals surface area contributed by atoms with E-state index in [0.717, 1.165) is 4.88 Å². The number of piperidine rings is 1. The fraction of sp³-hybridized carbons (Fsp3) is 0.550. The van der Waals surface area contributed by atoms with Gasteiger partial charge in [-0.25, -0.2) is 9.78 Å². The van der Waals surface area contributed by atoms with Gasteiger partial charge >= 0.3 is 6.09 Å². The second-order valence-corrected chi connectivity index (χ2v) is 8.93. The second kappa shape index (κ2) is 8.34. The van der Waals surface area contributed by atoms with Crippen LogP contribution in [0.5, 0.6) is 0 Å². The van der Waals surface area contributed by atoms with Crippen molar-refractivity contribution in [3.8, 4) is 10.8 Å². The highest BCUT2D eigenvalue weighted by molar-refractivity contribution is 7.13. The van der Waals surface area contributed by atoms with Gasteiger partial charge in [0.15, 0.2) is 0 Å². The maximum Gasteiger partial charge on any atom is 0.410 e. The minimum atomic E-state index is -0.500. The Morgan fingerprint density at radius 2 is 2.07 bits per heavy atom. The lowest BCUT2D eigenvalue weighted by Crippen LogP contribution is -2.48. The van der Waals surface area contributed by atoms with Crippen molar-refractivity contribution in [2.24, 2.45) is 0 Å². The van der Waals surface area contributed by atoms with E-state index in [4.69, 9.17) is 9.15 Å². The summed E-state index contributed by atoms with van der Waals surface area (Å²) in [6.45, 7) is 8.54. The lowest BCUT2D eigenvalue weighted by molar-refractivity contribution is -0.121. The molecule has 0 atom stereocenters. The second-order valence-electron chi connectivity index (χ2n) is 7.99. The van der Waals surface area contributed by atoms with Crippen LogP contribution >= 0.6 is 11.3 Å². The van der Waals surface area contributed by atoms with Crippen LogP contribution in [0, 0.1) is 6.92 Å². The number of nitrogens with zero attached hydrogens (tertiary/aromatic N) is 2. The van der Waals surface area contributed by atoms with Crippen molar-refractivity contribution >= 4 is 23.3 Å². The quantitative estimate of drug-likeness (QED) is 0.837. The van der Waals surface area contributed by atoms with Crippen molar-refractivity contribution in [3.63, 3.8) is 0 Å². The first kappa shape index (κ1) is 20.4. The van der Waals surface area contributed by atoms with Gasteiger partial charge in [0.05, 0.1) is 17.0 Å². The normalized spacial score (nSPS) is 15.5. The van der Waals surface area contributed by atoms with E-state index in [0.29, 0.717) is 43.3 Å². The molecule has 0 unspecified atom stereocenters. The number of rotatable bonds is 4. The molecule has 1 fully saturated rings. The molecule has 2 amide bonds. The molecule has 0 bridgehead atoms. The first-order valence-electron chi connectivity index (χ1n) is 9.49. The smallest absolute Gasteiger partial charge is 0.410 e. The van der Waals surface area contributed by atoms with Gasteiger partial charge in [-0.15, -0.1) is 11.3 Å². The van der Waals surface area contributed by atoms with E-state index in [9.17, 15) is 9.59 Å². The average molecular weight is 406 g/mol. The van der Waals surface area contributed by atoms with Crippen LogP contribution in [0.1, 0.15) is 45.1 Å². The third-order valence-electron chi connectivity index (χ3n) is 4.46.